The van der Waals surface area contributed by atoms with E-state index in [2.05, 4.69) is 11.4 Å². The molecule has 1 aromatic carbocycles. The first-order valence-corrected chi connectivity index (χ1v) is 6.57. The van der Waals surface area contributed by atoms with E-state index >= 15 is 0 Å². The number of benzene rings is 1. The summed E-state index contributed by atoms with van der Waals surface area (Å²) in [6.07, 6.45) is 3.00. The summed E-state index contributed by atoms with van der Waals surface area (Å²) in [5.41, 5.74) is 1.70. The van der Waals surface area contributed by atoms with Gasteiger partial charge in [0.2, 0.25) is 0 Å². The molecule has 3 rings (SSSR count). The van der Waals surface area contributed by atoms with Gasteiger partial charge in [-0.15, -0.1) is 0 Å². The lowest BCUT2D eigenvalue weighted by Gasteiger charge is -2.36. The number of furan rings is 1. The summed E-state index contributed by atoms with van der Waals surface area (Å²) in [7, 11) is 0. The van der Waals surface area contributed by atoms with Gasteiger partial charge in [0, 0.05) is 11.3 Å². The van der Waals surface area contributed by atoms with Crippen LogP contribution in [0.5, 0.6) is 0 Å². The first kappa shape index (κ1) is 11.9. The maximum atomic E-state index is 9.21. The normalized spacial score (nSPS) is 16.4. The highest BCUT2D eigenvalue weighted by atomic mass is 16.3. The lowest BCUT2D eigenvalue weighted by atomic mass is 9.78. The second-order valence-corrected chi connectivity index (χ2v) is 5.16. The summed E-state index contributed by atoms with van der Waals surface area (Å²) in [4.78, 5) is 0. The summed E-state index contributed by atoms with van der Waals surface area (Å²) in [6, 6.07) is 14.4. The minimum atomic E-state index is -0.344. The molecule has 0 unspecified atom stereocenters. The predicted molar refractivity (Wildman–Crippen MR) is 74.7 cm³/mol. The number of anilines is 1. The van der Waals surface area contributed by atoms with Crippen LogP contribution in [-0.2, 0) is 0 Å². The van der Waals surface area contributed by atoms with Crippen molar-refractivity contribution in [1.29, 1.82) is 5.26 Å². The average molecular weight is 252 g/mol. The predicted octanol–water partition coefficient (Wildman–Crippen LogP) is 4.11. The molecule has 0 amide bonds. The molecule has 1 aliphatic carbocycles. The Hall–Kier alpha value is -2.21. The lowest BCUT2D eigenvalue weighted by molar-refractivity contribution is 0.356. The van der Waals surface area contributed by atoms with Gasteiger partial charge in [0.15, 0.2) is 0 Å². The number of rotatable bonds is 3. The van der Waals surface area contributed by atoms with Crippen LogP contribution in [0, 0.1) is 18.3 Å². The minimum absolute atomic E-state index is 0.344. The molecule has 1 aromatic heterocycles. The summed E-state index contributed by atoms with van der Waals surface area (Å²) >= 11 is 0. The molecule has 1 heterocycles. The monoisotopic (exact) mass is 252 g/mol. The van der Waals surface area contributed by atoms with Crippen LogP contribution in [-0.4, -0.2) is 5.54 Å². The van der Waals surface area contributed by atoms with Crippen molar-refractivity contribution in [3.05, 3.63) is 42.2 Å². The van der Waals surface area contributed by atoms with E-state index in [0.29, 0.717) is 0 Å². The molecule has 1 N–H and O–H groups in total. The fourth-order valence-electron chi connectivity index (χ4n) is 2.38. The van der Waals surface area contributed by atoms with Gasteiger partial charge in [0.25, 0.3) is 0 Å². The van der Waals surface area contributed by atoms with Crippen molar-refractivity contribution in [3.63, 3.8) is 0 Å². The van der Waals surface area contributed by atoms with Gasteiger partial charge in [-0.05, 0) is 62.6 Å². The van der Waals surface area contributed by atoms with Crippen LogP contribution in [0.4, 0.5) is 5.69 Å². The minimum Gasteiger partial charge on any atom is -0.461 e. The molecule has 19 heavy (non-hydrogen) atoms. The van der Waals surface area contributed by atoms with E-state index in [1.807, 2.05) is 43.3 Å². The zero-order valence-electron chi connectivity index (χ0n) is 10.9. The SMILES string of the molecule is Cc1ccc(-c2ccc(NC3(C#N)CCC3)cc2)o1. The molecule has 96 valence electrons. The molecule has 2 aromatic rings. The van der Waals surface area contributed by atoms with E-state index < -0.39 is 0 Å². The molecular weight excluding hydrogens is 236 g/mol. The molecule has 0 aliphatic heterocycles. The van der Waals surface area contributed by atoms with Crippen LogP contribution in [0.15, 0.2) is 40.8 Å². The first-order chi connectivity index (χ1) is 9.21. The largest absolute Gasteiger partial charge is 0.461 e. The molecule has 1 aliphatic rings. The smallest absolute Gasteiger partial charge is 0.134 e. The zero-order valence-corrected chi connectivity index (χ0v) is 10.9. The highest BCUT2D eigenvalue weighted by Gasteiger charge is 2.36. The van der Waals surface area contributed by atoms with Crippen LogP contribution in [0.3, 0.4) is 0 Å². The van der Waals surface area contributed by atoms with Crippen molar-refractivity contribution in [2.75, 3.05) is 5.32 Å². The number of hydrogen-bond donors (Lipinski definition) is 1. The van der Waals surface area contributed by atoms with E-state index in [0.717, 1.165) is 42.0 Å². The van der Waals surface area contributed by atoms with Crippen molar-refractivity contribution in [3.8, 4) is 17.4 Å². The van der Waals surface area contributed by atoms with Crippen LogP contribution >= 0.6 is 0 Å². The Bertz CT molecular complexity index is 615. The topological polar surface area (TPSA) is 49.0 Å². The standard InChI is InChI=1S/C16H16N2O/c1-12-3-8-15(19-12)13-4-6-14(7-5-13)18-16(11-17)9-2-10-16/h3-8,18H,2,9-10H2,1H3. The van der Waals surface area contributed by atoms with Crippen molar-refractivity contribution in [2.45, 2.75) is 31.7 Å². The van der Waals surface area contributed by atoms with Crippen LogP contribution in [0.1, 0.15) is 25.0 Å². The molecule has 0 saturated heterocycles. The molecule has 3 nitrogen and oxygen atoms in total. The van der Waals surface area contributed by atoms with Gasteiger partial charge in [0.05, 0.1) is 6.07 Å². The third-order valence-corrected chi connectivity index (χ3v) is 3.71. The van der Waals surface area contributed by atoms with Crippen molar-refractivity contribution in [2.24, 2.45) is 0 Å². The molecule has 0 atom stereocenters. The molecule has 3 heteroatoms. The third-order valence-electron chi connectivity index (χ3n) is 3.71. The highest BCUT2D eigenvalue weighted by molar-refractivity contribution is 5.62. The third kappa shape index (κ3) is 2.22. The second kappa shape index (κ2) is 4.47. The van der Waals surface area contributed by atoms with Gasteiger partial charge in [-0.1, -0.05) is 0 Å². The van der Waals surface area contributed by atoms with Crippen molar-refractivity contribution in [1.82, 2.24) is 0 Å². The number of aryl methyl sites for hydroxylation is 1. The Kier molecular flexibility index (Phi) is 2.79. The Morgan fingerprint density at radius 1 is 1.16 bits per heavy atom. The molecular formula is C16H16N2O. The average Bonchev–Trinajstić information content (AvgIpc) is 2.81. The molecule has 0 bridgehead atoms. The quantitative estimate of drug-likeness (QED) is 0.894. The Balaban J connectivity index is 1.78. The van der Waals surface area contributed by atoms with E-state index in [-0.39, 0.29) is 5.54 Å². The number of nitrogens with one attached hydrogen (secondary N) is 1. The van der Waals surface area contributed by atoms with Gasteiger partial charge >= 0.3 is 0 Å². The lowest BCUT2D eigenvalue weighted by Crippen LogP contribution is -2.43. The number of hydrogen-bond acceptors (Lipinski definition) is 3. The molecule has 0 radical (unpaired) electrons. The van der Waals surface area contributed by atoms with Gasteiger partial charge in [-0.25, -0.2) is 0 Å². The fraction of sp³-hybridized carbons (Fsp3) is 0.312. The van der Waals surface area contributed by atoms with Crippen molar-refractivity contribution < 1.29 is 4.42 Å². The fourth-order valence-corrected chi connectivity index (χ4v) is 2.38. The maximum absolute atomic E-state index is 9.21. The van der Waals surface area contributed by atoms with E-state index in [1.165, 1.54) is 0 Å². The van der Waals surface area contributed by atoms with E-state index in [1.54, 1.807) is 0 Å². The Morgan fingerprint density at radius 2 is 1.89 bits per heavy atom. The Morgan fingerprint density at radius 3 is 2.37 bits per heavy atom. The Labute approximate surface area is 112 Å². The second-order valence-electron chi connectivity index (χ2n) is 5.16. The van der Waals surface area contributed by atoms with Gasteiger partial charge in [-0.3, -0.25) is 0 Å². The van der Waals surface area contributed by atoms with Crippen molar-refractivity contribution >= 4 is 5.69 Å². The van der Waals surface area contributed by atoms with Crippen LogP contribution in [0.2, 0.25) is 0 Å². The summed E-state index contributed by atoms with van der Waals surface area (Å²) in [5, 5.41) is 12.5. The first-order valence-electron chi connectivity index (χ1n) is 6.57. The molecule has 1 saturated carbocycles. The maximum Gasteiger partial charge on any atom is 0.134 e. The zero-order chi connectivity index (χ0) is 13.3. The van der Waals surface area contributed by atoms with Crippen LogP contribution < -0.4 is 5.32 Å². The van der Waals surface area contributed by atoms with Gasteiger partial charge in [0.1, 0.15) is 17.1 Å². The highest BCUT2D eigenvalue weighted by Crippen LogP contribution is 2.35. The molecule has 0 spiro atoms. The summed E-state index contributed by atoms with van der Waals surface area (Å²) in [5.74, 6) is 1.79. The van der Waals surface area contributed by atoms with E-state index in [4.69, 9.17) is 4.42 Å². The van der Waals surface area contributed by atoms with E-state index in [9.17, 15) is 5.26 Å². The van der Waals surface area contributed by atoms with Gasteiger partial charge in [-0.2, -0.15) is 5.26 Å². The molecule has 1 fully saturated rings. The van der Waals surface area contributed by atoms with Gasteiger partial charge < -0.3 is 9.73 Å². The summed E-state index contributed by atoms with van der Waals surface area (Å²) in [6.45, 7) is 1.94. The summed E-state index contributed by atoms with van der Waals surface area (Å²) < 4.78 is 5.59. The van der Waals surface area contributed by atoms with Crippen LogP contribution in [0.25, 0.3) is 11.3 Å². The number of nitrogens with zero attached hydrogens (tertiary/aromatic N) is 1. The number of nitriles is 1.